The van der Waals surface area contributed by atoms with Crippen LogP contribution in [0.15, 0.2) is 35.3 Å². The van der Waals surface area contributed by atoms with E-state index in [9.17, 15) is 8.42 Å². The largest absolute Gasteiger partial charge is 0.354 e. The van der Waals surface area contributed by atoms with Crippen LogP contribution in [0.4, 0.5) is 0 Å². The molecular weight excluding hydrogens is 487 g/mol. The van der Waals surface area contributed by atoms with E-state index < -0.39 is 14.6 Å². The molecule has 1 aromatic carbocycles. The summed E-state index contributed by atoms with van der Waals surface area (Å²) in [6.07, 6.45) is 0. The van der Waals surface area contributed by atoms with Gasteiger partial charge < -0.3 is 15.5 Å². The van der Waals surface area contributed by atoms with E-state index in [0.29, 0.717) is 19.6 Å². The molecule has 160 valence electrons. The van der Waals surface area contributed by atoms with Crippen molar-refractivity contribution in [3.63, 3.8) is 0 Å². The zero-order valence-corrected chi connectivity index (χ0v) is 21.0. The van der Waals surface area contributed by atoms with Crippen LogP contribution in [0.1, 0.15) is 46.2 Å². The van der Waals surface area contributed by atoms with Crippen molar-refractivity contribution in [2.45, 2.75) is 50.9 Å². The molecule has 0 bridgehead atoms. The molecule has 0 saturated carbocycles. The molecule has 0 radical (unpaired) electrons. The molecule has 2 N–H and O–H groups in total. The van der Waals surface area contributed by atoms with Gasteiger partial charge in [0.25, 0.3) is 0 Å². The minimum Gasteiger partial charge on any atom is -0.354 e. The molecule has 1 aliphatic rings. The normalized spacial score (nSPS) is 20.2. The van der Waals surface area contributed by atoms with Crippen molar-refractivity contribution in [2.75, 3.05) is 32.4 Å². The molecule has 0 aromatic heterocycles. The Kier molecular flexibility index (Phi) is 8.77. The van der Waals surface area contributed by atoms with E-state index in [4.69, 9.17) is 0 Å². The van der Waals surface area contributed by atoms with Crippen LogP contribution in [0.3, 0.4) is 0 Å². The van der Waals surface area contributed by atoms with Crippen LogP contribution in [0.2, 0.25) is 0 Å². The predicted molar refractivity (Wildman–Crippen MR) is 128 cm³/mol. The number of hydrogen-bond donors (Lipinski definition) is 2. The van der Waals surface area contributed by atoms with Gasteiger partial charge in [-0.05, 0) is 40.2 Å². The van der Waals surface area contributed by atoms with E-state index in [-0.39, 0.29) is 41.3 Å². The second kappa shape index (κ2) is 9.75. The molecule has 1 fully saturated rings. The second-order valence-electron chi connectivity index (χ2n) is 8.56. The molecule has 2 rings (SSSR count). The molecule has 1 atom stereocenters. The maximum absolute atomic E-state index is 12.2. The fourth-order valence-electron chi connectivity index (χ4n) is 3.42. The lowest BCUT2D eigenvalue weighted by molar-refractivity contribution is 0.324. The van der Waals surface area contributed by atoms with Crippen LogP contribution in [0, 0.1) is 0 Å². The van der Waals surface area contributed by atoms with Crippen LogP contribution >= 0.6 is 24.0 Å². The molecular formula is C20H35IN4O2S. The third-order valence-corrected chi connectivity index (χ3v) is 7.68. The highest BCUT2D eigenvalue weighted by atomic mass is 127. The summed E-state index contributed by atoms with van der Waals surface area (Å²) in [6.45, 7) is 11.6. The maximum atomic E-state index is 12.2. The van der Waals surface area contributed by atoms with Crippen LogP contribution in [0.5, 0.6) is 0 Å². The first-order valence-electron chi connectivity index (χ1n) is 9.48. The number of aliphatic imine (C=N–C) groups is 1. The highest BCUT2D eigenvalue weighted by Gasteiger charge is 2.41. The Morgan fingerprint density at radius 3 is 2.43 bits per heavy atom. The van der Waals surface area contributed by atoms with Gasteiger partial charge >= 0.3 is 0 Å². The van der Waals surface area contributed by atoms with Crippen LogP contribution in [-0.2, 0) is 9.84 Å². The fraction of sp³-hybridized carbons (Fsp3) is 0.650. The van der Waals surface area contributed by atoms with Crippen molar-refractivity contribution in [3.05, 3.63) is 35.9 Å². The van der Waals surface area contributed by atoms with E-state index in [2.05, 4.69) is 48.5 Å². The predicted octanol–water partition coefficient (Wildman–Crippen LogP) is 2.82. The topological polar surface area (TPSA) is 73.8 Å². The van der Waals surface area contributed by atoms with Crippen LogP contribution < -0.4 is 10.6 Å². The van der Waals surface area contributed by atoms with Gasteiger partial charge in [0.2, 0.25) is 0 Å². The van der Waals surface area contributed by atoms with Crippen molar-refractivity contribution in [1.82, 2.24) is 15.5 Å². The third kappa shape index (κ3) is 6.32. The summed E-state index contributed by atoms with van der Waals surface area (Å²) in [5.74, 6) is 0.910. The highest BCUT2D eigenvalue weighted by Crippen LogP contribution is 2.24. The molecule has 1 saturated heterocycles. The molecule has 1 aromatic rings. The summed E-state index contributed by atoms with van der Waals surface area (Å²) in [4.78, 5) is 6.41. The average molecular weight is 522 g/mol. The van der Waals surface area contributed by atoms with Crippen LogP contribution in [-0.4, -0.2) is 62.0 Å². The maximum Gasteiger partial charge on any atom is 0.193 e. The Bertz CT molecular complexity index is 764. The number of sulfone groups is 1. The van der Waals surface area contributed by atoms with Gasteiger partial charge in [-0.25, -0.2) is 8.42 Å². The van der Waals surface area contributed by atoms with Gasteiger partial charge in [-0.15, -0.1) is 24.0 Å². The number of nitrogens with zero attached hydrogens (tertiary/aromatic N) is 2. The minimum absolute atomic E-state index is 0. The second-order valence-corrected chi connectivity index (χ2v) is 11.3. The summed E-state index contributed by atoms with van der Waals surface area (Å²) in [7, 11) is -1.32. The summed E-state index contributed by atoms with van der Waals surface area (Å²) in [5, 5.41) is 7.07. The zero-order chi connectivity index (χ0) is 20.3. The smallest absolute Gasteiger partial charge is 0.193 e. The molecule has 1 heterocycles. The number of halogens is 1. The lowest BCUT2D eigenvalue weighted by atomic mass is 10.0. The van der Waals surface area contributed by atoms with Crippen molar-refractivity contribution in [3.8, 4) is 0 Å². The summed E-state index contributed by atoms with van der Waals surface area (Å²) in [5.41, 5.74) is 1.08. The molecule has 0 aliphatic carbocycles. The molecule has 28 heavy (non-hydrogen) atoms. The summed E-state index contributed by atoms with van der Waals surface area (Å²) in [6, 6.07) is 10.6. The molecule has 8 heteroatoms. The summed E-state index contributed by atoms with van der Waals surface area (Å²) < 4.78 is 23.7. The monoisotopic (exact) mass is 522 g/mol. The Labute approximate surface area is 187 Å². The van der Waals surface area contributed by atoms with Gasteiger partial charge in [-0.1, -0.05) is 30.3 Å². The first-order chi connectivity index (χ1) is 12.5. The van der Waals surface area contributed by atoms with Gasteiger partial charge in [0.15, 0.2) is 15.8 Å². The SMILES string of the molecule is CN=C(NCC(C)(C)NC(C)c1ccccc1)N1CCS(=O)(=O)C(C)(C)C1.I. The van der Waals surface area contributed by atoms with Crippen molar-refractivity contribution in [1.29, 1.82) is 0 Å². The number of benzene rings is 1. The zero-order valence-electron chi connectivity index (χ0n) is 17.8. The van der Waals surface area contributed by atoms with E-state index >= 15 is 0 Å². The first kappa shape index (κ1) is 25.2. The Hall–Kier alpha value is -0.870. The Morgan fingerprint density at radius 2 is 1.89 bits per heavy atom. The van der Waals surface area contributed by atoms with E-state index in [1.54, 1.807) is 20.9 Å². The lowest BCUT2D eigenvalue weighted by Gasteiger charge is -2.40. The Morgan fingerprint density at radius 1 is 1.29 bits per heavy atom. The van der Waals surface area contributed by atoms with Gasteiger partial charge in [0.1, 0.15) is 0 Å². The highest BCUT2D eigenvalue weighted by molar-refractivity contribution is 14.0. The van der Waals surface area contributed by atoms with Crippen molar-refractivity contribution < 1.29 is 8.42 Å². The standard InChI is InChI=1S/C20H34N4O2S.HI/c1-16(17-10-8-7-9-11-17)23-19(2,3)14-22-18(21-6)24-12-13-27(25,26)20(4,5)15-24;/h7-11,16,23H,12-15H2,1-6H3,(H,21,22);1H. The quantitative estimate of drug-likeness (QED) is 0.354. The Balaban J connectivity index is 0.00000392. The number of hydrogen-bond acceptors (Lipinski definition) is 4. The molecule has 0 spiro atoms. The van der Waals surface area contributed by atoms with Gasteiger partial charge in [-0.2, -0.15) is 0 Å². The van der Waals surface area contributed by atoms with Crippen LogP contribution in [0.25, 0.3) is 0 Å². The third-order valence-electron chi connectivity index (χ3n) is 5.15. The van der Waals surface area contributed by atoms with Gasteiger partial charge in [0.05, 0.1) is 10.5 Å². The van der Waals surface area contributed by atoms with Gasteiger partial charge in [-0.3, -0.25) is 4.99 Å². The van der Waals surface area contributed by atoms with E-state index in [1.165, 1.54) is 5.56 Å². The van der Waals surface area contributed by atoms with Crippen molar-refractivity contribution >= 4 is 39.8 Å². The van der Waals surface area contributed by atoms with Gasteiger partial charge in [0, 0.05) is 38.3 Å². The lowest BCUT2D eigenvalue weighted by Crippen LogP contribution is -2.59. The molecule has 1 aliphatic heterocycles. The number of nitrogens with one attached hydrogen (secondary N) is 2. The molecule has 6 nitrogen and oxygen atoms in total. The number of guanidine groups is 1. The minimum atomic E-state index is -3.06. The number of rotatable bonds is 5. The molecule has 1 unspecified atom stereocenters. The molecule has 0 amide bonds. The van der Waals surface area contributed by atoms with Crippen molar-refractivity contribution in [2.24, 2.45) is 4.99 Å². The first-order valence-corrected chi connectivity index (χ1v) is 11.1. The van der Waals surface area contributed by atoms with E-state index in [0.717, 1.165) is 5.96 Å². The summed E-state index contributed by atoms with van der Waals surface area (Å²) >= 11 is 0. The fourth-order valence-corrected chi connectivity index (χ4v) is 4.78. The average Bonchev–Trinajstić information content (AvgIpc) is 2.59. The van der Waals surface area contributed by atoms with E-state index in [1.807, 2.05) is 23.1 Å².